The zero-order valence-corrected chi connectivity index (χ0v) is 14.0. The Morgan fingerprint density at radius 2 is 1.96 bits per heavy atom. The summed E-state index contributed by atoms with van der Waals surface area (Å²) in [4.78, 5) is 2.97. The van der Waals surface area contributed by atoms with Gasteiger partial charge in [-0.15, -0.1) is 0 Å². The molecule has 2 aromatic rings. The van der Waals surface area contributed by atoms with Crippen LogP contribution in [-0.2, 0) is 4.74 Å². The lowest BCUT2D eigenvalue weighted by Crippen LogP contribution is -2.60. The lowest BCUT2D eigenvalue weighted by molar-refractivity contribution is -0.278. The minimum Gasteiger partial charge on any atom is -0.447 e. The summed E-state index contributed by atoms with van der Waals surface area (Å²) in [5, 5.41) is 39.8. The summed E-state index contributed by atoms with van der Waals surface area (Å²) in [5.41, 5.74) is 0.720. The first kappa shape index (κ1) is 17.0. The maximum absolute atomic E-state index is 9.97. The van der Waals surface area contributed by atoms with E-state index in [4.69, 9.17) is 26.2 Å². The van der Waals surface area contributed by atoms with Crippen molar-refractivity contribution in [1.29, 1.82) is 0 Å². The highest BCUT2D eigenvalue weighted by atomic mass is 79.9. The molecule has 23 heavy (non-hydrogen) atoms. The van der Waals surface area contributed by atoms with Gasteiger partial charge in [-0.25, -0.2) is 0 Å². The summed E-state index contributed by atoms with van der Waals surface area (Å²) in [6.07, 6.45) is -6.67. The molecule has 0 aliphatic carbocycles. The average Bonchev–Trinajstić information content (AvgIpc) is 2.95. The van der Waals surface area contributed by atoms with Crippen LogP contribution in [0, 0.1) is 0 Å². The second-order valence-corrected chi connectivity index (χ2v) is 6.50. The quantitative estimate of drug-likeness (QED) is 0.512. The van der Waals surface area contributed by atoms with Gasteiger partial charge in [-0.3, -0.25) is 0 Å². The third-order valence-electron chi connectivity index (χ3n) is 3.76. The van der Waals surface area contributed by atoms with Crippen molar-refractivity contribution in [3.8, 4) is 5.88 Å². The Balaban J connectivity index is 1.85. The molecule has 0 spiro atoms. The van der Waals surface area contributed by atoms with Gasteiger partial charge in [-0.05, 0) is 28.1 Å². The number of hydrogen-bond acceptors (Lipinski definition) is 6. The smallest absolute Gasteiger partial charge is 0.230 e. The molecule has 1 aliphatic rings. The highest BCUT2D eigenvalue weighted by Crippen LogP contribution is 2.34. The van der Waals surface area contributed by atoms with Crippen LogP contribution in [0.5, 0.6) is 5.88 Å². The van der Waals surface area contributed by atoms with Crippen LogP contribution in [0.4, 0.5) is 0 Å². The number of nitrogens with one attached hydrogen (secondary N) is 1. The topological polar surface area (TPSA) is 115 Å². The Morgan fingerprint density at radius 3 is 2.65 bits per heavy atom. The second kappa shape index (κ2) is 6.56. The number of aliphatic hydroxyl groups excluding tert-OH is 4. The van der Waals surface area contributed by atoms with Crippen molar-refractivity contribution in [2.75, 3.05) is 6.61 Å². The van der Waals surface area contributed by atoms with Crippen molar-refractivity contribution in [3.63, 3.8) is 0 Å². The summed E-state index contributed by atoms with van der Waals surface area (Å²) in [6.45, 7) is -0.518. The zero-order chi connectivity index (χ0) is 16.7. The van der Waals surface area contributed by atoms with E-state index in [1.807, 2.05) is 0 Å². The lowest BCUT2D eigenvalue weighted by Gasteiger charge is -2.39. The van der Waals surface area contributed by atoms with Crippen LogP contribution in [0.1, 0.15) is 0 Å². The normalized spacial score (nSPS) is 31.5. The molecule has 1 aromatic heterocycles. The van der Waals surface area contributed by atoms with Gasteiger partial charge >= 0.3 is 0 Å². The Morgan fingerprint density at radius 1 is 1.22 bits per heavy atom. The summed E-state index contributed by atoms with van der Waals surface area (Å²) in [5.74, 6) is 0.268. The van der Waals surface area contributed by atoms with Gasteiger partial charge in [0.25, 0.3) is 0 Å². The van der Waals surface area contributed by atoms with Crippen molar-refractivity contribution in [2.24, 2.45) is 0 Å². The number of benzene rings is 1. The van der Waals surface area contributed by atoms with E-state index in [0.29, 0.717) is 10.4 Å². The van der Waals surface area contributed by atoms with E-state index < -0.39 is 37.3 Å². The highest BCUT2D eigenvalue weighted by Gasteiger charge is 2.44. The number of aliphatic hydroxyl groups is 4. The third kappa shape index (κ3) is 3.08. The van der Waals surface area contributed by atoms with Gasteiger partial charge in [0.1, 0.15) is 24.4 Å². The summed E-state index contributed by atoms with van der Waals surface area (Å²) in [7, 11) is 0. The Labute approximate surface area is 144 Å². The fourth-order valence-electron chi connectivity index (χ4n) is 2.47. The molecule has 5 N–H and O–H groups in total. The van der Waals surface area contributed by atoms with Crippen molar-refractivity contribution in [2.45, 2.75) is 30.7 Å². The van der Waals surface area contributed by atoms with Gasteiger partial charge in [-0.1, -0.05) is 11.6 Å². The number of fused-ring (bicyclic) bond motifs is 1. The van der Waals surface area contributed by atoms with Gasteiger partial charge < -0.3 is 34.9 Å². The van der Waals surface area contributed by atoms with Crippen LogP contribution in [0.15, 0.2) is 22.7 Å². The maximum atomic E-state index is 9.97. The highest BCUT2D eigenvalue weighted by molar-refractivity contribution is 9.10. The standard InChI is InChI=1S/C14H15BrClNO6/c15-6-1-2-7-5(10(6)16)3-9(17-7)23-14-13(21)12(20)11(19)8(4-18)22-14/h1-3,8,11-14,17-21H,4H2/t8-,11+,12+,13-,14+/m1/s1. The molecular weight excluding hydrogens is 394 g/mol. The number of halogens is 2. The lowest BCUT2D eigenvalue weighted by atomic mass is 9.99. The predicted molar refractivity (Wildman–Crippen MR) is 85.4 cm³/mol. The SMILES string of the molecule is OC[C@H]1O[C@@H](Oc2cc3c(Cl)c(Br)ccc3[nH]2)[C@H](O)[C@@H](O)[C@H]1O. The molecule has 0 unspecified atom stereocenters. The fourth-order valence-corrected chi connectivity index (χ4v) is 3.03. The summed E-state index contributed by atoms with van der Waals surface area (Å²) < 4.78 is 11.5. The van der Waals surface area contributed by atoms with Crippen molar-refractivity contribution in [3.05, 3.63) is 27.7 Å². The predicted octanol–water partition coefficient (Wildman–Crippen LogP) is 0.762. The molecular formula is C14H15BrClNO6. The first-order chi connectivity index (χ1) is 10.9. The molecule has 9 heteroatoms. The van der Waals surface area contributed by atoms with E-state index in [1.165, 1.54) is 0 Å². The second-order valence-electron chi connectivity index (χ2n) is 5.27. The third-order valence-corrected chi connectivity index (χ3v) is 5.05. The number of aromatic amines is 1. The molecule has 0 radical (unpaired) electrons. The molecule has 126 valence electrons. The molecule has 1 aliphatic heterocycles. The van der Waals surface area contributed by atoms with Crippen molar-refractivity contribution >= 4 is 38.4 Å². The maximum Gasteiger partial charge on any atom is 0.230 e. The van der Waals surface area contributed by atoms with E-state index in [2.05, 4.69) is 20.9 Å². The van der Waals surface area contributed by atoms with Crippen LogP contribution >= 0.6 is 27.5 Å². The summed E-state index contributed by atoms with van der Waals surface area (Å²) in [6, 6.07) is 5.20. The van der Waals surface area contributed by atoms with E-state index in [9.17, 15) is 15.3 Å². The first-order valence-corrected chi connectivity index (χ1v) is 8.03. The monoisotopic (exact) mass is 407 g/mol. The van der Waals surface area contributed by atoms with Crippen LogP contribution in [-0.4, -0.2) is 62.7 Å². The average molecular weight is 409 g/mol. The number of hydrogen-bond donors (Lipinski definition) is 5. The van der Waals surface area contributed by atoms with Gasteiger partial charge in [0.15, 0.2) is 5.88 Å². The first-order valence-electron chi connectivity index (χ1n) is 6.86. The van der Waals surface area contributed by atoms with Gasteiger partial charge in [0, 0.05) is 21.4 Å². The van der Waals surface area contributed by atoms with Crippen LogP contribution in [0.2, 0.25) is 5.02 Å². The molecule has 7 nitrogen and oxygen atoms in total. The van der Waals surface area contributed by atoms with E-state index in [0.717, 1.165) is 9.99 Å². The van der Waals surface area contributed by atoms with E-state index in [1.54, 1.807) is 18.2 Å². The molecule has 3 rings (SSSR count). The summed E-state index contributed by atoms with van der Waals surface area (Å²) >= 11 is 9.51. The number of aromatic nitrogens is 1. The fraction of sp³-hybridized carbons (Fsp3) is 0.429. The Bertz CT molecular complexity index is 708. The number of ether oxygens (including phenoxy) is 2. The Hall–Kier alpha value is -0.870. The molecule has 0 saturated carbocycles. The van der Waals surface area contributed by atoms with Gasteiger partial charge in [-0.2, -0.15) is 0 Å². The number of rotatable bonds is 3. The van der Waals surface area contributed by atoms with Crippen molar-refractivity contribution < 1.29 is 29.9 Å². The van der Waals surface area contributed by atoms with Crippen LogP contribution in [0.25, 0.3) is 10.9 Å². The minimum atomic E-state index is -1.49. The largest absolute Gasteiger partial charge is 0.447 e. The Kier molecular flexibility index (Phi) is 4.84. The molecule has 0 bridgehead atoms. The minimum absolute atomic E-state index is 0.268. The zero-order valence-electron chi connectivity index (χ0n) is 11.7. The molecule has 2 heterocycles. The molecule has 1 aromatic carbocycles. The van der Waals surface area contributed by atoms with Crippen LogP contribution in [0.3, 0.4) is 0 Å². The molecule has 1 fully saturated rings. The van der Waals surface area contributed by atoms with Gasteiger partial charge in [0.2, 0.25) is 6.29 Å². The molecule has 1 saturated heterocycles. The van der Waals surface area contributed by atoms with E-state index >= 15 is 0 Å². The molecule has 5 atom stereocenters. The van der Waals surface area contributed by atoms with E-state index in [-0.39, 0.29) is 5.88 Å². The van der Waals surface area contributed by atoms with Gasteiger partial charge in [0.05, 0.1) is 11.6 Å². The van der Waals surface area contributed by atoms with Crippen LogP contribution < -0.4 is 4.74 Å². The van der Waals surface area contributed by atoms with Crippen molar-refractivity contribution in [1.82, 2.24) is 4.98 Å². The number of H-pyrrole nitrogens is 1. The molecule has 0 amide bonds.